The van der Waals surface area contributed by atoms with Gasteiger partial charge in [-0.2, -0.15) is 0 Å². The van der Waals surface area contributed by atoms with Crippen LogP contribution in [-0.2, 0) is 14.3 Å². The molecule has 1 N–H and O–H groups in total. The lowest BCUT2D eigenvalue weighted by Gasteiger charge is -2.46. The number of carboxylic acid groups (broad SMARTS) is 1. The van der Waals surface area contributed by atoms with Gasteiger partial charge >= 0.3 is 5.97 Å². The lowest BCUT2D eigenvalue weighted by atomic mass is 9.75. The van der Waals surface area contributed by atoms with Crippen molar-refractivity contribution in [1.29, 1.82) is 0 Å². The number of nitrogens with zero attached hydrogens (tertiary/aromatic N) is 1. The van der Waals surface area contributed by atoms with Crippen molar-refractivity contribution in [2.24, 2.45) is 0 Å². The summed E-state index contributed by atoms with van der Waals surface area (Å²) in [6.07, 6.45) is 0.320. The number of hydrogen-bond acceptors (Lipinski definition) is 3. The summed E-state index contributed by atoms with van der Waals surface area (Å²) in [5.74, 6) is -1.58. The van der Waals surface area contributed by atoms with Gasteiger partial charge in [-0.1, -0.05) is 60.0 Å². The van der Waals surface area contributed by atoms with Gasteiger partial charge in [0.15, 0.2) is 0 Å². The number of ether oxygens (including phenoxy) is 1. The molecule has 0 saturated carbocycles. The third-order valence-electron chi connectivity index (χ3n) is 6.02. The number of benzene rings is 2. The number of carboxylic acids is 1. The van der Waals surface area contributed by atoms with E-state index in [9.17, 15) is 14.7 Å². The van der Waals surface area contributed by atoms with Crippen LogP contribution in [-0.4, -0.2) is 41.6 Å². The van der Waals surface area contributed by atoms with Crippen molar-refractivity contribution in [3.05, 3.63) is 80.8 Å². The second-order valence-electron chi connectivity index (χ2n) is 7.99. The van der Waals surface area contributed by atoms with Crippen molar-refractivity contribution in [3.63, 3.8) is 0 Å². The quantitative estimate of drug-likeness (QED) is 0.517. The number of rotatable bonds is 8. The molecule has 0 unspecified atom stereocenters. The molecule has 2 aromatic rings. The van der Waals surface area contributed by atoms with Gasteiger partial charge in [-0.25, -0.2) is 0 Å². The van der Waals surface area contributed by atoms with E-state index in [0.29, 0.717) is 28.6 Å². The van der Waals surface area contributed by atoms with Crippen molar-refractivity contribution in [2.75, 3.05) is 13.7 Å². The summed E-state index contributed by atoms with van der Waals surface area (Å²) in [4.78, 5) is 27.2. The SMILES string of the molecule is CC[C@@H](COC)N1C(=O)C(CC(=O)O)=C(C)[C@H](c2cccc(Cl)c2)[C@H]1c1ccc(Cl)cc1. The fourth-order valence-electron chi connectivity index (χ4n) is 4.53. The number of amides is 1. The molecule has 32 heavy (non-hydrogen) atoms. The van der Waals surface area contributed by atoms with Crippen LogP contribution in [0.3, 0.4) is 0 Å². The minimum absolute atomic E-state index is 0.230. The Labute approximate surface area is 198 Å². The van der Waals surface area contributed by atoms with Gasteiger partial charge in [0.2, 0.25) is 0 Å². The minimum atomic E-state index is -1.04. The van der Waals surface area contributed by atoms with E-state index >= 15 is 0 Å². The highest BCUT2D eigenvalue weighted by atomic mass is 35.5. The first-order valence-corrected chi connectivity index (χ1v) is 11.3. The summed E-state index contributed by atoms with van der Waals surface area (Å²) in [6.45, 7) is 4.18. The first-order valence-electron chi connectivity index (χ1n) is 10.5. The molecular weight excluding hydrogens is 449 g/mol. The number of methoxy groups -OCH3 is 1. The molecule has 0 radical (unpaired) electrons. The summed E-state index contributed by atoms with van der Waals surface area (Å²) in [5.41, 5.74) is 2.88. The number of carbonyl (C=O) groups is 2. The Kier molecular flexibility index (Phi) is 7.99. The highest BCUT2D eigenvalue weighted by molar-refractivity contribution is 6.30. The first-order chi connectivity index (χ1) is 15.3. The van der Waals surface area contributed by atoms with E-state index in [1.165, 1.54) is 0 Å². The first kappa shape index (κ1) is 24.3. The zero-order valence-electron chi connectivity index (χ0n) is 18.3. The van der Waals surface area contributed by atoms with Gasteiger partial charge in [0, 0.05) is 28.6 Å². The summed E-state index contributed by atoms with van der Waals surface area (Å²) in [7, 11) is 1.60. The van der Waals surface area contributed by atoms with E-state index in [4.69, 9.17) is 27.9 Å². The van der Waals surface area contributed by atoms with Crippen LogP contribution in [0, 0.1) is 0 Å². The molecule has 1 aliphatic rings. The van der Waals surface area contributed by atoms with Gasteiger partial charge in [0.25, 0.3) is 5.91 Å². The fourth-order valence-corrected chi connectivity index (χ4v) is 4.85. The Balaban J connectivity index is 2.30. The number of carbonyl (C=O) groups excluding carboxylic acids is 1. The molecule has 1 amide bonds. The van der Waals surface area contributed by atoms with Gasteiger partial charge in [-0.3, -0.25) is 9.59 Å². The largest absolute Gasteiger partial charge is 0.481 e. The van der Waals surface area contributed by atoms with E-state index in [0.717, 1.165) is 16.7 Å². The Hall–Kier alpha value is -2.34. The van der Waals surface area contributed by atoms with E-state index in [1.807, 2.05) is 44.2 Å². The minimum Gasteiger partial charge on any atom is -0.481 e. The molecule has 3 atom stereocenters. The van der Waals surface area contributed by atoms with Crippen LogP contribution in [0.1, 0.15) is 49.8 Å². The van der Waals surface area contributed by atoms with Crippen LogP contribution in [0.15, 0.2) is 59.7 Å². The van der Waals surface area contributed by atoms with Crippen LogP contribution in [0.2, 0.25) is 10.0 Å². The lowest BCUT2D eigenvalue weighted by molar-refractivity contribution is -0.141. The maximum absolute atomic E-state index is 13.7. The predicted molar refractivity (Wildman–Crippen MR) is 126 cm³/mol. The number of aliphatic carboxylic acids is 1. The normalized spacial score (nSPS) is 19.9. The fraction of sp³-hybridized carbons (Fsp3) is 0.360. The Morgan fingerprint density at radius 3 is 2.38 bits per heavy atom. The Bertz CT molecular complexity index is 1020. The van der Waals surface area contributed by atoms with Crippen molar-refractivity contribution in [2.45, 2.75) is 44.7 Å². The highest BCUT2D eigenvalue weighted by Gasteiger charge is 2.44. The average Bonchev–Trinajstić information content (AvgIpc) is 2.75. The molecule has 170 valence electrons. The summed E-state index contributed by atoms with van der Waals surface area (Å²) in [5, 5.41) is 10.7. The monoisotopic (exact) mass is 475 g/mol. The smallest absolute Gasteiger partial charge is 0.308 e. The Morgan fingerprint density at radius 2 is 1.81 bits per heavy atom. The van der Waals surface area contributed by atoms with Crippen molar-refractivity contribution < 1.29 is 19.4 Å². The highest BCUT2D eigenvalue weighted by Crippen LogP contribution is 2.48. The number of hydrogen-bond donors (Lipinski definition) is 1. The van der Waals surface area contributed by atoms with Gasteiger partial charge in [-0.15, -0.1) is 0 Å². The van der Waals surface area contributed by atoms with Crippen LogP contribution in [0.5, 0.6) is 0 Å². The lowest BCUT2D eigenvalue weighted by Crippen LogP contribution is -2.50. The standard InChI is InChI=1S/C25H27Cl2NO4/c1-4-20(14-32-3)28-24(16-8-10-18(26)11-9-16)23(17-6-5-7-19(27)12-17)15(2)21(25(28)31)13-22(29)30/h5-12,20,23-24H,4,13-14H2,1-3H3,(H,29,30)/t20-,23+,24+/m0/s1. The molecule has 7 heteroatoms. The van der Waals surface area contributed by atoms with Gasteiger partial charge in [-0.05, 0) is 48.7 Å². The van der Waals surface area contributed by atoms with E-state index < -0.39 is 5.97 Å². The third-order valence-corrected chi connectivity index (χ3v) is 6.51. The van der Waals surface area contributed by atoms with Crippen LogP contribution >= 0.6 is 23.2 Å². The zero-order chi connectivity index (χ0) is 23.4. The molecule has 2 aromatic carbocycles. The molecule has 0 aromatic heterocycles. The second kappa shape index (κ2) is 10.5. The van der Waals surface area contributed by atoms with E-state index in [-0.39, 0.29) is 30.3 Å². The molecular formula is C25H27Cl2NO4. The molecule has 3 rings (SSSR count). The third kappa shape index (κ3) is 5.01. The number of halogens is 2. The summed E-state index contributed by atoms with van der Waals surface area (Å²) in [6, 6.07) is 14.4. The summed E-state index contributed by atoms with van der Waals surface area (Å²) >= 11 is 12.5. The molecule has 0 spiro atoms. The molecule has 5 nitrogen and oxygen atoms in total. The van der Waals surface area contributed by atoms with Crippen molar-refractivity contribution in [3.8, 4) is 0 Å². The molecule has 0 fully saturated rings. The maximum atomic E-state index is 13.7. The van der Waals surface area contributed by atoms with Crippen LogP contribution < -0.4 is 0 Å². The molecule has 0 aliphatic carbocycles. The molecule has 1 heterocycles. The Morgan fingerprint density at radius 1 is 1.12 bits per heavy atom. The van der Waals surface area contributed by atoms with Crippen molar-refractivity contribution in [1.82, 2.24) is 4.90 Å². The molecule has 0 saturated heterocycles. The summed E-state index contributed by atoms with van der Waals surface area (Å²) < 4.78 is 5.43. The van der Waals surface area contributed by atoms with Gasteiger partial charge in [0.1, 0.15) is 0 Å². The molecule has 0 bridgehead atoms. The average molecular weight is 476 g/mol. The topological polar surface area (TPSA) is 66.8 Å². The predicted octanol–water partition coefficient (Wildman–Crippen LogP) is 5.88. The zero-order valence-corrected chi connectivity index (χ0v) is 19.9. The maximum Gasteiger partial charge on any atom is 0.308 e. The van der Waals surface area contributed by atoms with Crippen molar-refractivity contribution >= 4 is 35.1 Å². The van der Waals surface area contributed by atoms with Crippen LogP contribution in [0.25, 0.3) is 0 Å². The van der Waals surface area contributed by atoms with E-state index in [1.54, 1.807) is 30.2 Å². The van der Waals surface area contributed by atoms with Crippen LogP contribution in [0.4, 0.5) is 0 Å². The second-order valence-corrected chi connectivity index (χ2v) is 8.86. The molecule has 1 aliphatic heterocycles. The van der Waals surface area contributed by atoms with Gasteiger partial charge in [0.05, 0.1) is 25.1 Å². The van der Waals surface area contributed by atoms with Gasteiger partial charge < -0.3 is 14.7 Å². The van der Waals surface area contributed by atoms with E-state index in [2.05, 4.69) is 0 Å².